The van der Waals surface area contributed by atoms with E-state index in [1.807, 2.05) is 29.9 Å². The van der Waals surface area contributed by atoms with Gasteiger partial charge in [-0.1, -0.05) is 23.7 Å². The van der Waals surface area contributed by atoms with Gasteiger partial charge in [0.25, 0.3) is 0 Å². The van der Waals surface area contributed by atoms with Crippen LogP contribution in [0.25, 0.3) is 0 Å². The van der Waals surface area contributed by atoms with Crippen LogP contribution in [0.15, 0.2) is 36.7 Å². The van der Waals surface area contributed by atoms with E-state index in [0.717, 1.165) is 17.8 Å². The summed E-state index contributed by atoms with van der Waals surface area (Å²) in [5, 5.41) is 3.62. The lowest BCUT2D eigenvalue weighted by molar-refractivity contribution is -0.133. The molecule has 1 atom stereocenters. The number of hydrogen-bond acceptors (Lipinski definition) is 3. The van der Waals surface area contributed by atoms with Crippen LogP contribution in [0, 0.1) is 0 Å². The van der Waals surface area contributed by atoms with Gasteiger partial charge >= 0.3 is 0 Å². The van der Waals surface area contributed by atoms with Gasteiger partial charge in [-0.2, -0.15) is 0 Å². The third-order valence-electron chi connectivity index (χ3n) is 4.13. The van der Waals surface area contributed by atoms with Gasteiger partial charge in [0.1, 0.15) is 11.9 Å². The molecule has 1 saturated heterocycles. The van der Waals surface area contributed by atoms with Crippen LogP contribution in [0.4, 0.5) is 0 Å². The first-order valence-electron chi connectivity index (χ1n) is 7.84. The molecule has 1 aromatic carbocycles. The molecule has 0 bridgehead atoms. The molecule has 126 valence electrons. The lowest BCUT2D eigenvalue weighted by Crippen LogP contribution is -2.40. The highest BCUT2D eigenvalue weighted by molar-refractivity contribution is 6.30. The van der Waals surface area contributed by atoms with Crippen molar-refractivity contribution in [2.75, 3.05) is 13.1 Å². The van der Waals surface area contributed by atoms with E-state index in [2.05, 4.69) is 10.3 Å². The minimum atomic E-state index is -0.396. The fourth-order valence-corrected chi connectivity index (χ4v) is 2.98. The highest BCUT2D eigenvalue weighted by Crippen LogP contribution is 2.22. The van der Waals surface area contributed by atoms with E-state index in [4.69, 9.17) is 11.6 Å². The molecule has 1 N–H and O–H groups in total. The van der Waals surface area contributed by atoms with Crippen molar-refractivity contribution in [2.24, 2.45) is 7.05 Å². The molecule has 3 rings (SSSR count). The Labute approximate surface area is 145 Å². The summed E-state index contributed by atoms with van der Waals surface area (Å²) < 4.78 is 1.86. The molecule has 0 radical (unpaired) electrons. The van der Waals surface area contributed by atoms with Crippen molar-refractivity contribution in [3.8, 4) is 0 Å². The maximum atomic E-state index is 12.4. The third kappa shape index (κ3) is 3.59. The molecule has 0 aliphatic carbocycles. The van der Waals surface area contributed by atoms with Crippen LogP contribution >= 0.6 is 11.6 Å². The minimum Gasteiger partial charge on any atom is -0.341 e. The predicted octanol–water partition coefficient (Wildman–Crippen LogP) is 1.90. The summed E-state index contributed by atoms with van der Waals surface area (Å²) in [4.78, 5) is 30.1. The molecule has 7 heteroatoms. The number of carbonyl (C=O) groups is 2. The number of halogens is 1. The zero-order valence-corrected chi connectivity index (χ0v) is 14.2. The van der Waals surface area contributed by atoms with Gasteiger partial charge in [0.05, 0.1) is 6.54 Å². The minimum absolute atomic E-state index is 0.0326. The van der Waals surface area contributed by atoms with Gasteiger partial charge in [-0.25, -0.2) is 4.98 Å². The Morgan fingerprint density at radius 2 is 2.12 bits per heavy atom. The zero-order chi connectivity index (χ0) is 17.1. The third-order valence-corrected chi connectivity index (χ3v) is 4.38. The quantitative estimate of drug-likeness (QED) is 0.899. The summed E-state index contributed by atoms with van der Waals surface area (Å²) in [6.07, 6.45) is 4.85. The second-order valence-electron chi connectivity index (χ2n) is 5.87. The van der Waals surface area contributed by atoms with Crippen LogP contribution in [-0.4, -0.2) is 39.4 Å². The van der Waals surface area contributed by atoms with Crippen molar-refractivity contribution in [1.82, 2.24) is 19.8 Å². The summed E-state index contributed by atoms with van der Waals surface area (Å²) in [6.45, 7) is 0.716. The van der Waals surface area contributed by atoms with Gasteiger partial charge in [-0.3, -0.25) is 9.59 Å². The van der Waals surface area contributed by atoms with Gasteiger partial charge in [0.2, 0.25) is 11.8 Å². The summed E-state index contributed by atoms with van der Waals surface area (Å²) >= 11 is 5.96. The Bertz CT molecular complexity index is 741. The van der Waals surface area contributed by atoms with Crippen LogP contribution in [0.2, 0.25) is 5.02 Å². The first kappa shape index (κ1) is 16.5. The van der Waals surface area contributed by atoms with Crippen LogP contribution in [-0.2, 0) is 16.6 Å². The maximum Gasteiger partial charge on any atom is 0.240 e. The zero-order valence-electron chi connectivity index (χ0n) is 13.4. The molecule has 0 saturated carbocycles. The molecule has 1 fully saturated rings. The van der Waals surface area contributed by atoms with Gasteiger partial charge < -0.3 is 14.8 Å². The van der Waals surface area contributed by atoms with Crippen LogP contribution in [0.5, 0.6) is 0 Å². The first-order chi connectivity index (χ1) is 11.5. The molecule has 2 aromatic rings. The van der Waals surface area contributed by atoms with Crippen LogP contribution in [0.3, 0.4) is 0 Å². The summed E-state index contributed by atoms with van der Waals surface area (Å²) in [5.74, 6) is 0.553. The number of benzene rings is 1. The average Bonchev–Trinajstić information content (AvgIpc) is 3.15. The molecule has 0 spiro atoms. The number of hydrogen-bond donors (Lipinski definition) is 1. The number of aromatic nitrogens is 2. The molecule has 0 unspecified atom stereocenters. The lowest BCUT2D eigenvalue weighted by atomic mass is 10.1. The normalized spacial score (nSPS) is 15.6. The molecule has 1 aliphatic heterocycles. The van der Waals surface area contributed by atoms with Crippen LogP contribution < -0.4 is 5.32 Å². The number of carbonyl (C=O) groups excluding carboxylic acids is 2. The SMILES string of the molecule is Cn1ccnc1[C@H](NC(=O)CN1CCCC1=O)c1ccc(Cl)cc1. The average molecular weight is 347 g/mol. The number of nitrogens with zero attached hydrogens (tertiary/aromatic N) is 3. The molecule has 6 nitrogen and oxygen atoms in total. The number of amides is 2. The van der Waals surface area contributed by atoms with Crippen molar-refractivity contribution in [3.63, 3.8) is 0 Å². The fraction of sp³-hybridized carbons (Fsp3) is 0.353. The lowest BCUT2D eigenvalue weighted by Gasteiger charge is -2.21. The summed E-state index contributed by atoms with van der Waals surface area (Å²) in [5.41, 5.74) is 0.884. The Morgan fingerprint density at radius 3 is 2.71 bits per heavy atom. The van der Waals surface area contributed by atoms with E-state index >= 15 is 0 Å². The molecule has 1 aromatic heterocycles. The molecular formula is C17H19ClN4O2. The number of likely N-dealkylation sites (tertiary alicyclic amines) is 1. The number of rotatable bonds is 5. The van der Waals surface area contributed by atoms with E-state index in [1.54, 1.807) is 23.2 Å². The number of nitrogens with one attached hydrogen (secondary N) is 1. The second kappa shape index (κ2) is 7.05. The fourth-order valence-electron chi connectivity index (χ4n) is 2.86. The van der Waals surface area contributed by atoms with Gasteiger partial charge in [-0.05, 0) is 24.1 Å². The summed E-state index contributed by atoms with van der Waals surface area (Å²) in [6, 6.07) is 6.89. The molecule has 2 amide bonds. The number of imidazole rings is 1. The van der Waals surface area contributed by atoms with E-state index in [-0.39, 0.29) is 18.4 Å². The van der Waals surface area contributed by atoms with Gasteiger partial charge in [0.15, 0.2) is 0 Å². The molecular weight excluding hydrogens is 328 g/mol. The van der Waals surface area contributed by atoms with E-state index in [1.165, 1.54) is 0 Å². The Balaban J connectivity index is 1.80. The Hall–Kier alpha value is -2.34. The van der Waals surface area contributed by atoms with Crippen LogP contribution in [0.1, 0.15) is 30.3 Å². The Kier molecular flexibility index (Phi) is 4.85. The Morgan fingerprint density at radius 1 is 1.38 bits per heavy atom. The second-order valence-corrected chi connectivity index (χ2v) is 6.30. The standard InChI is InChI=1S/C17H19ClN4O2/c1-21-10-8-19-17(21)16(12-4-6-13(18)7-5-12)20-14(23)11-22-9-2-3-15(22)24/h4-8,10,16H,2-3,9,11H2,1H3,(H,20,23)/t16-/m1/s1. The largest absolute Gasteiger partial charge is 0.341 e. The monoisotopic (exact) mass is 346 g/mol. The maximum absolute atomic E-state index is 12.4. The van der Waals surface area contributed by atoms with Crippen molar-refractivity contribution in [1.29, 1.82) is 0 Å². The first-order valence-corrected chi connectivity index (χ1v) is 8.22. The highest BCUT2D eigenvalue weighted by atomic mass is 35.5. The van der Waals surface area contributed by atoms with Crippen molar-refractivity contribution >= 4 is 23.4 Å². The smallest absolute Gasteiger partial charge is 0.240 e. The summed E-state index contributed by atoms with van der Waals surface area (Å²) in [7, 11) is 1.88. The molecule has 1 aliphatic rings. The van der Waals surface area contributed by atoms with E-state index in [9.17, 15) is 9.59 Å². The van der Waals surface area contributed by atoms with Crippen molar-refractivity contribution < 1.29 is 9.59 Å². The molecule has 24 heavy (non-hydrogen) atoms. The predicted molar refractivity (Wildman–Crippen MR) is 90.5 cm³/mol. The van der Waals surface area contributed by atoms with Crippen molar-refractivity contribution in [2.45, 2.75) is 18.9 Å². The van der Waals surface area contributed by atoms with E-state index in [0.29, 0.717) is 18.0 Å². The number of aryl methyl sites for hydroxylation is 1. The topological polar surface area (TPSA) is 67.2 Å². The van der Waals surface area contributed by atoms with Gasteiger partial charge in [0, 0.05) is 37.4 Å². The molecule has 2 heterocycles. The van der Waals surface area contributed by atoms with E-state index < -0.39 is 6.04 Å². The highest BCUT2D eigenvalue weighted by Gasteiger charge is 2.25. The van der Waals surface area contributed by atoms with Gasteiger partial charge in [-0.15, -0.1) is 0 Å². The van der Waals surface area contributed by atoms with Crippen molar-refractivity contribution in [3.05, 3.63) is 53.1 Å².